The van der Waals surface area contributed by atoms with Crippen LogP contribution in [0.15, 0.2) is 24.3 Å². The summed E-state index contributed by atoms with van der Waals surface area (Å²) in [6.45, 7) is 2.72. The second-order valence-electron chi connectivity index (χ2n) is 8.20. The first kappa shape index (κ1) is 19.0. The van der Waals surface area contributed by atoms with Crippen LogP contribution in [0.25, 0.3) is 0 Å². The van der Waals surface area contributed by atoms with E-state index in [-0.39, 0.29) is 0 Å². The Balaban J connectivity index is 1.31. The minimum atomic E-state index is -3.11. The number of aliphatic hydroxyl groups is 1. The molecule has 2 atom stereocenters. The quantitative estimate of drug-likeness (QED) is 0.767. The highest BCUT2D eigenvalue weighted by Crippen LogP contribution is 2.34. The third-order valence-corrected chi connectivity index (χ3v) is 7.31. The van der Waals surface area contributed by atoms with Crippen LogP contribution < -0.4 is 15.0 Å². The van der Waals surface area contributed by atoms with Crippen molar-refractivity contribution in [3.8, 4) is 5.75 Å². The lowest BCUT2D eigenvalue weighted by Crippen LogP contribution is -2.51. The molecule has 7 nitrogen and oxygen atoms in total. The summed E-state index contributed by atoms with van der Waals surface area (Å²) in [7, 11) is -3.11. The largest absolute Gasteiger partial charge is 0.491 e. The van der Waals surface area contributed by atoms with Crippen LogP contribution >= 0.6 is 0 Å². The molecular weight excluding hydrogens is 366 g/mol. The number of benzene rings is 1. The predicted octanol–water partition coefficient (Wildman–Crippen LogP) is 0.792. The fraction of sp³-hybridized carbons (Fsp3) is 0.684. The van der Waals surface area contributed by atoms with Gasteiger partial charge in [-0.05, 0) is 49.9 Å². The minimum Gasteiger partial charge on any atom is -0.491 e. The Bertz CT molecular complexity index is 748. The first-order valence-electron chi connectivity index (χ1n) is 9.72. The zero-order chi connectivity index (χ0) is 19.1. The molecule has 3 heterocycles. The van der Waals surface area contributed by atoms with Crippen LogP contribution in [0, 0.1) is 0 Å². The van der Waals surface area contributed by atoms with Gasteiger partial charge in [0.25, 0.3) is 0 Å². The van der Waals surface area contributed by atoms with Crippen LogP contribution in [-0.2, 0) is 10.0 Å². The number of anilines is 1. The lowest BCUT2D eigenvalue weighted by Gasteiger charge is -2.37. The molecule has 2 N–H and O–H groups in total. The molecule has 0 saturated carbocycles. The summed E-state index contributed by atoms with van der Waals surface area (Å²) in [6, 6.07) is 8.70. The van der Waals surface area contributed by atoms with Crippen LogP contribution in [0.2, 0.25) is 0 Å². The van der Waals surface area contributed by atoms with Gasteiger partial charge in [-0.2, -0.15) is 4.31 Å². The van der Waals surface area contributed by atoms with Gasteiger partial charge in [0, 0.05) is 44.0 Å². The summed E-state index contributed by atoms with van der Waals surface area (Å²) in [6.07, 6.45) is 5.07. The van der Waals surface area contributed by atoms with Gasteiger partial charge in [0.1, 0.15) is 18.0 Å². The Morgan fingerprint density at radius 3 is 2.26 bits per heavy atom. The SMILES string of the molecule is CS(=O)(=O)N1CCN(c2ccc(OCC3(O)CC4CCC(C3)N4)cc2)CC1. The van der Waals surface area contributed by atoms with E-state index in [1.54, 1.807) is 0 Å². The minimum absolute atomic E-state index is 0.327. The van der Waals surface area contributed by atoms with Crippen molar-refractivity contribution in [1.29, 1.82) is 0 Å². The monoisotopic (exact) mass is 395 g/mol. The van der Waals surface area contributed by atoms with E-state index in [2.05, 4.69) is 10.2 Å². The van der Waals surface area contributed by atoms with Crippen LogP contribution in [0.3, 0.4) is 0 Å². The van der Waals surface area contributed by atoms with Crippen molar-refractivity contribution in [2.45, 2.75) is 43.4 Å². The van der Waals surface area contributed by atoms with E-state index in [0.29, 0.717) is 44.9 Å². The molecule has 150 valence electrons. The molecule has 0 aliphatic carbocycles. The normalized spacial score (nSPS) is 31.9. The number of hydrogen-bond donors (Lipinski definition) is 2. The molecule has 0 aromatic heterocycles. The van der Waals surface area contributed by atoms with Gasteiger partial charge >= 0.3 is 0 Å². The molecule has 4 rings (SSSR count). The number of nitrogens with one attached hydrogen (secondary N) is 1. The van der Waals surface area contributed by atoms with Crippen LogP contribution in [-0.4, -0.2) is 74.6 Å². The van der Waals surface area contributed by atoms with E-state index in [4.69, 9.17) is 4.74 Å². The Morgan fingerprint density at radius 2 is 1.70 bits per heavy atom. The van der Waals surface area contributed by atoms with Gasteiger partial charge in [0.05, 0.1) is 6.26 Å². The zero-order valence-electron chi connectivity index (χ0n) is 15.8. The molecule has 3 fully saturated rings. The average molecular weight is 396 g/mol. The fourth-order valence-electron chi connectivity index (χ4n) is 4.59. The fourth-order valence-corrected chi connectivity index (χ4v) is 5.42. The highest BCUT2D eigenvalue weighted by molar-refractivity contribution is 7.88. The number of ether oxygens (including phenoxy) is 1. The van der Waals surface area contributed by atoms with Crippen LogP contribution in [0.5, 0.6) is 5.75 Å². The van der Waals surface area contributed by atoms with E-state index in [1.165, 1.54) is 10.6 Å². The smallest absolute Gasteiger partial charge is 0.211 e. The molecule has 2 bridgehead atoms. The number of fused-ring (bicyclic) bond motifs is 2. The summed E-state index contributed by atoms with van der Waals surface area (Å²) in [5.74, 6) is 0.757. The maximum atomic E-state index is 11.6. The number of rotatable bonds is 5. The molecule has 0 amide bonds. The molecule has 1 aromatic rings. The number of nitrogens with zero attached hydrogens (tertiary/aromatic N) is 2. The van der Waals surface area contributed by atoms with Crippen molar-refractivity contribution in [2.75, 3.05) is 43.9 Å². The molecule has 8 heteroatoms. The Kier molecular flexibility index (Phi) is 5.09. The molecule has 3 aliphatic rings. The Morgan fingerprint density at radius 1 is 1.11 bits per heavy atom. The van der Waals surface area contributed by atoms with Crippen molar-refractivity contribution in [1.82, 2.24) is 9.62 Å². The van der Waals surface area contributed by atoms with Crippen molar-refractivity contribution >= 4 is 15.7 Å². The van der Waals surface area contributed by atoms with Crippen molar-refractivity contribution < 1.29 is 18.3 Å². The average Bonchev–Trinajstić information content (AvgIpc) is 2.99. The van der Waals surface area contributed by atoms with Crippen LogP contribution in [0.4, 0.5) is 5.69 Å². The summed E-state index contributed by atoms with van der Waals surface area (Å²) in [5.41, 5.74) is 0.326. The number of hydrogen-bond acceptors (Lipinski definition) is 6. The van der Waals surface area contributed by atoms with Crippen LogP contribution in [0.1, 0.15) is 25.7 Å². The van der Waals surface area contributed by atoms with Crippen molar-refractivity contribution in [3.05, 3.63) is 24.3 Å². The molecule has 3 aliphatic heterocycles. The molecular formula is C19H29N3O4S. The van der Waals surface area contributed by atoms with E-state index < -0.39 is 15.6 Å². The highest BCUT2D eigenvalue weighted by Gasteiger charge is 2.42. The second kappa shape index (κ2) is 7.24. The van der Waals surface area contributed by atoms with Gasteiger partial charge in [-0.15, -0.1) is 0 Å². The maximum Gasteiger partial charge on any atom is 0.211 e. The number of sulfonamides is 1. The van der Waals surface area contributed by atoms with Gasteiger partial charge in [0.2, 0.25) is 10.0 Å². The highest BCUT2D eigenvalue weighted by atomic mass is 32.2. The molecule has 1 aromatic carbocycles. The molecule has 0 spiro atoms. The second-order valence-corrected chi connectivity index (χ2v) is 10.2. The standard InChI is InChI=1S/C19H29N3O4S/c1-27(24,25)22-10-8-21(9-11-22)17-4-6-18(7-5-17)26-14-19(23)12-15-2-3-16(13-19)20-15/h4-7,15-16,20,23H,2-3,8-14H2,1H3. The van der Waals surface area contributed by atoms with Gasteiger partial charge in [-0.25, -0.2) is 8.42 Å². The number of piperidine rings is 1. The van der Waals surface area contributed by atoms with Gasteiger partial charge in [-0.1, -0.05) is 0 Å². The van der Waals surface area contributed by atoms with E-state index in [1.807, 2.05) is 24.3 Å². The third kappa shape index (κ3) is 4.39. The van der Waals surface area contributed by atoms with Crippen molar-refractivity contribution in [2.24, 2.45) is 0 Å². The van der Waals surface area contributed by atoms with Crippen molar-refractivity contribution in [3.63, 3.8) is 0 Å². The van der Waals surface area contributed by atoms with Gasteiger partial charge < -0.3 is 20.1 Å². The topological polar surface area (TPSA) is 82.1 Å². The van der Waals surface area contributed by atoms with E-state index >= 15 is 0 Å². The molecule has 2 unspecified atom stereocenters. The summed E-state index contributed by atoms with van der Waals surface area (Å²) >= 11 is 0. The number of piperazine rings is 1. The molecule has 27 heavy (non-hydrogen) atoms. The zero-order valence-corrected chi connectivity index (χ0v) is 16.6. The maximum absolute atomic E-state index is 11.6. The van der Waals surface area contributed by atoms with E-state index in [0.717, 1.165) is 37.1 Å². The Hall–Kier alpha value is -1.35. The first-order valence-corrected chi connectivity index (χ1v) is 11.6. The molecule has 0 radical (unpaired) electrons. The van der Waals surface area contributed by atoms with E-state index in [9.17, 15) is 13.5 Å². The summed E-state index contributed by atoms with van der Waals surface area (Å²) in [5, 5.41) is 14.4. The summed E-state index contributed by atoms with van der Waals surface area (Å²) in [4.78, 5) is 2.18. The lowest BCUT2D eigenvalue weighted by atomic mass is 9.88. The first-order chi connectivity index (χ1) is 12.8. The lowest BCUT2D eigenvalue weighted by molar-refractivity contribution is -0.0421. The summed E-state index contributed by atoms with van der Waals surface area (Å²) < 4.78 is 30.6. The third-order valence-electron chi connectivity index (χ3n) is 6.00. The predicted molar refractivity (Wildman–Crippen MR) is 105 cm³/mol. The van der Waals surface area contributed by atoms with Gasteiger partial charge in [-0.3, -0.25) is 0 Å². The molecule has 3 saturated heterocycles. The van der Waals surface area contributed by atoms with Gasteiger partial charge in [0.15, 0.2) is 0 Å². The Labute approximate surface area is 161 Å².